The number of carboxylic acids is 1. The van der Waals surface area contributed by atoms with Crippen LogP contribution in [0.5, 0.6) is 0 Å². The summed E-state index contributed by atoms with van der Waals surface area (Å²) in [6.07, 6.45) is 6.50. The molecule has 5 heteroatoms. The van der Waals surface area contributed by atoms with Gasteiger partial charge >= 0.3 is 5.97 Å². The first-order valence-corrected chi connectivity index (χ1v) is 6.89. The maximum atomic E-state index is 10.1. The molecule has 0 amide bonds. The lowest BCUT2D eigenvalue weighted by molar-refractivity contribution is -0.894. The number of hydrogen-bond acceptors (Lipinski definition) is 3. The first-order chi connectivity index (χ1) is 8.39. The minimum Gasteiger partial charge on any atom is -0.480 e. The summed E-state index contributed by atoms with van der Waals surface area (Å²) in [7, 11) is 4.64. The number of aliphatic carboxylic acids is 1. The normalized spacial score (nSPS) is 19.6. The van der Waals surface area contributed by atoms with Gasteiger partial charge in [-0.25, -0.2) is 0 Å². The third kappa shape index (κ3) is 9.39. The van der Waals surface area contributed by atoms with E-state index in [2.05, 4.69) is 14.1 Å². The number of nitrogens with zero attached hydrogens (tertiary/aromatic N) is 1. The van der Waals surface area contributed by atoms with Crippen LogP contribution in [0.2, 0.25) is 0 Å². The zero-order valence-electron chi connectivity index (χ0n) is 11.9. The van der Waals surface area contributed by atoms with E-state index in [0.717, 1.165) is 12.8 Å². The van der Waals surface area contributed by atoms with Gasteiger partial charge in [-0.15, -0.1) is 0 Å². The van der Waals surface area contributed by atoms with Crippen LogP contribution in [0.15, 0.2) is 0 Å². The van der Waals surface area contributed by atoms with Crippen LogP contribution in [0.1, 0.15) is 38.5 Å². The fraction of sp³-hybridized carbons (Fsp3) is 0.923. The summed E-state index contributed by atoms with van der Waals surface area (Å²) in [5, 5.41) is 8.33. The van der Waals surface area contributed by atoms with Crippen LogP contribution in [0.3, 0.4) is 0 Å². The molecule has 0 aromatic carbocycles. The number of carbonyl (C=O) groups is 1. The van der Waals surface area contributed by atoms with Gasteiger partial charge < -0.3 is 21.1 Å². The smallest absolute Gasteiger partial charge is 0.320 e. The molecule has 0 spiro atoms. The number of nitrogens with two attached hydrogens (primary N) is 2. The van der Waals surface area contributed by atoms with Gasteiger partial charge in [-0.2, -0.15) is 0 Å². The third-order valence-corrected chi connectivity index (χ3v) is 3.31. The topological polar surface area (TPSA) is 89.3 Å². The van der Waals surface area contributed by atoms with Crippen molar-refractivity contribution in [2.45, 2.75) is 44.6 Å². The second kappa shape index (κ2) is 9.30. The van der Waals surface area contributed by atoms with Gasteiger partial charge in [0, 0.05) is 0 Å². The number of carboxylic acid groups (broad SMARTS) is 1. The van der Waals surface area contributed by atoms with E-state index < -0.39 is 12.0 Å². The number of piperidine rings is 1. The van der Waals surface area contributed by atoms with Crippen LogP contribution in [-0.4, -0.2) is 55.3 Å². The van der Waals surface area contributed by atoms with Gasteiger partial charge in [-0.1, -0.05) is 6.42 Å². The van der Waals surface area contributed by atoms with Gasteiger partial charge in [-0.3, -0.25) is 4.79 Å². The van der Waals surface area contributed by atoms with E-state index in [0.29, 0.717) is 13.0 Å². The number of hydrogen-bond donors (Lipinski definition) is 3. The van der Waals surface area contributed by atoms with E-state index in [1.807, 2.05) is 0 Å². The van der Waals surface area contributed by atoms with Crippen molar-refractivity contribution in [2.75, 3.05) is 33.7 Å². The molecular formula is C13H30N3O2+. The predicted molar refractivity (Wildman–Crippen MR) is 74.2 cm³/mol. The highest BCUT2D eigenvalue weighted by molar-refractivity contribution is 5.72. The van der Waals surface area contributed by atoms with Gasteiger partial charge in [0.25, 0.3) is 0 Å². The van der Waals surface area contributed by atoms with Crippen molar-refractivity contribution < 1.29 is 14.4 Å². The summed E-state index contributed by atoms with van der Waals surface area (Å²) < 4.78 is 1.25. The van der Waals surface area contributed by atoms with Crippen LogP contribution in [0, 0.1) is 0 Å². The molecule has 0 aromatic rings. The Morgan fingerprint density at radius 3 is 2.11 bits per heavy atom. The Hall–Kier alpha value is -0.650. The Kier molecular flexibility index (Phi) is 8.97. The molecule has 108 valence electrons. The number of likely N-dealkylation sites (tertiary alicyclic amines) is 1. The molecule has 1 aliphatic rings. The van der Waals surface area contributed by atoms with Crippen molar-refractivity contribution in [2.24, 2.45) is 11.5 Å². The SMILES string of the molecule is C[N+]1(C)CCCCC1.NCCCCC(N)C(=O)O. The van der Waals surface area contributed by atoms with Gasteiger partial charge in [0.15, 0.2) is 0 Å². The largest absolute Gasteiger partial charge is 0.480 e. The fourth-order valence-corrected chi connectivity index (χ4v) is 2.00. The quantitative estimate of drug-likeness (QED) is 0.503. The third-order valence-electron chi connectivity index (χ3n) is 3.31. The van der Waals surface area contributed by atoms with Gasteiger partial charge in [0.1, 0.15) is 6.04 Å². The van der Waals surface area contributed by atoms with Gasteiger partial charge in [0.2, 0.25) is 0 Å². The van der Waals surface area contributed by atoms with E-state index in [1.54, 1.807) is 0 Å². The molecule has 1 rings (SSSR count). The minimum atomic E-state index is -0.933. The number of quaternary nitrogens is 1. The molecule has 0 saturated carbocycles. The summed E-state index contributed by atoms with van der Waals surface area (Å²) in [6, 6.07) is -0.716. The Morgan fingerprint density at radius 1 is 1.22 bits per heavy atom. The maximum Gasteiger partial charge on any atom is 0.320 e. The molecule has 0 radical (unpaired) electrons. The molecule has 1 heterocycles. The number of rotatable bonds is 5. The lowest BCUT2D eigenvalue weighted by atomic mass is 10.1. The summed E-state index contributed by atoms with van der Waals surface area (Å²) >= 11 is 0. The lowest BCUT2D eigenvalue weighted by Gasteiger charge is -2.33. The van der Waals surface area contributed by atoms with Crippen LogP contribution in [0.25, 0.3) is 0 Å². The van der Waals surface area contributed by atoms with E-state index in [9.17, 15) is 4.79 Å². The summed E-state index contributed by atoms with van der Waals surface area (Å²) in [5.41, 5.74) is 10.4. The van der Waals surface area contributed by atoms with E-state index in [4.69, 9.17) is 16.6 Å². The second-order valence-corrected chi connectivity index (χ2v) is 5.67. The average molecular weight is 260 g/mol. The highest BCUT2D eigenvalue weighted by Crippen LogP contribution is 2.12. The Morgan fingerprint density at radius 2 is 1.78 bits per heavy atom. The van der Waals surface area contributed by atoms with Crippen molar-refractivity contribution in [3.63, 3.8) is 0 Å². The van der Waals surface area contributed by atoms with Crippen LogP contribution < -0.4 is 11.5 Å². The molecule has 1 fully saturated rings. The lowest BCUT2D eigenvalue weighted by Crippen LogP contribution is -2.43. The van der Waals surface area contributed by atoms with Gasteiger partial charge in [0.05, 0.1) is 27.2 Å². The second-order valence-electron chi connectivity index (χ2n) is 5.67. The van der Waals surface area contributed by atoms with Crippen molar-refractivity contribution >= 4 is 5.97 Å². The first kappa shape index (κ1) is 17.4. The molecule has 1 unspecified atom stereocenters. The Balaban J connectivity index is 0.000000327. The highest BCUT2D eigenvalue weighted by Gasteiger charge is 2.17. The molecule has 5 nitrogen and oxygen atoms in total. The van der Waals surface area contributed by atoms with Crippen LogP contribution >= 0.6 is 0 Å². The Labute approximate surface area is 111 Å². The Bertz CT molecular complexity index is 224. The van der Waals surface area contributed by atoms with E-state index >= 15 is 0 Å². The van der Waals surface area contributed by atoms with Gasteiger partial charge in [-0.05, 0) is 38.6 Å². The van der Waals surface area contributed by atoms with E-state index in [-0.39, 0.29) is 0 Å². The van der Waals surface area contributed by atoms with Crippen LogP contribution in [0.4, 0.5) is 0 Å². The molecule has 0 bridgehead atoms. The van der Waals surface area contributed by atoms with Crippen LogP contribution in [-0.2, 0) is 4.79 Å². The molecule has 0 aliphatic carbocycles. The highest BCUT2D eigenvalue weighted by atomic mass is 16.4. The zero-order chi connectivity index (χ0) is 14.0. The first-order valence-electron chi connectivity index (χ1n) is 6.89. The predicted octanol–water partition coefficient (Wildman–Crippen LogP) is 0.774. The summed E-state index contributed by atoms with van der Waals surface area (Å²) in [4.78, 5) is 10.1. The zero-order valence-corrected chi connectivity index (χ0v) is 11.9. The monoisotopic (exact) mass is 260 g/mol. The minimum absolute atomic E-state index is 0.520. The summed E-state index contributed by atoms with van der Waals surface area (Å²) in [5.74, 6) is -0.933. The molecule has 1 saturated heterocycles. The van der Waals surface area contributed by atoms with Crippen molar-refractivity contribution in [3.8, 4) is 0 Å². The molecule has 5 N–H and O–H groups in total. The van der Waals surface area contributed by atoms with Crippen molar-refractivity contribution in [1.29, 1.82) is 0 Å². The molecule has 0 aromatic heterocycles. The molecule has 1 aliphatic heterocycles. The van der Waals surface area contributed by atoms with Crippen molar-refractivity contribution in [1.82, 2.24) is 0 Å². The number of unbranched alkanes of at least 4 members (excludes halogenated alkanes) is 1. The average Bonchev–Trinajstić information content (AvgIpc) is 2.29. The van der Waals surface area contributed by atoms with E-state index in [1.165, 1.54) is 36.8 Å². The molecule has 1 atom stereocenters. The molecule has 18 heavy (non-hydrogen) atoms. The van der Waals surface area contributed by atoms with Crippen molar-refractivity contribution in [3.05, 3.63) is 0 Å². The standard InChI is InChI=1S/C7H16N.C6H14N2O2/c1-8(2)6-4-3-5-7-8;7-4-2-1-3-5(8)6(9)10/h3-7H2,1-2H3;5H,1-4,7-8H2,(H,9,10)/q+1;. The maximum absolute atomic E-state index is 10.1. The fourth-order valence-electron chi connectivity index (χ4n) is 2.00. The summed E-state index contributed by atoms with van der Waals surface area (Å²) in [6.45, 7) is 3.38. The molecular weight excluding hydrogens is 230 g/mol.